The average Bonchev–Trinajstić information content (AvgIpc) is 2.24. The van der Waals surface area contributed by atoms with Crippen LogP contribution in [-0.4, -0.2) is 13.3 Å². The molecule has 0 bridgehead atoms. The molecule has 0 aliphatic rings. The first-order valence-corrected chi connectivity index (χ1v) is 5.30. The van der Waals surface area contributed by atoms with E-state index in [1.54, 1.807) is 12.1 Å². The second-order valence-corrected chi connectivity index (χ2v) is 4.01. The summed E-state index contributed by atoms with van der Waals surface area (Å²) < 4.78 is 41.4. The van der Waals surface area contributed by atoms with E-state index in [2.05, 4.69) is 0 Å². The van der Waals surface area contributed by atoms with Crippen molar-refractivity contribution in [2.45, 2.75) is 32.0 Å². The molecular formula is C12H16F3NO. The smallest absolute Gasteiger partial charge is 0.389 e. The van der Waals surface area contributed by atoms with Crippen molar-refractivity contribution in [3.05, 3.63) is 29.3 Å². The Labute approximate surface area is 98.6 Å². The maximum absolute atomic E-state index is 12.1. The topological polar surface area (TPSA) is 35.2 Å². The van der Waals surface area contributed by atoms with Gasteiger partial charge in [-0.15, -0.1) is 0 Å². The Hall–Kier alpha value is -1.23. The van der Waals surface area contributed by atoms with Gasteiger partial charge in [0.05, 0.1) is 7.11 Å². The molecule has 0 aliphatic heterocycles. The maximum Gasteiger partial charge on any atom is 0.389 e. The van der Waals surface area contributed by atoms with E-state index in [9.17, 15) is 13.2 Å². The minimum absolute atomic E-state index is 0.136. The predicted octanol–water partition coefficient (Wildman–Crippen LogP) is 3.35. The Bertz CT molecular complexity index is 377. The number of rotatable bonds is 4. The zero-order valence-electron chi connectivity index (χ0n) is 9.84. The number of hydrogen-bond donors (Lipinski definition) is 1. The quantitative estimate of drug-likeness (QED) is 0.885. The lowest BCUT2D eigenvalue weighted by Crippen LogP contribution is -2.16. The second kappa shape index (κ2) is 5.40. The summed E-state index contributed by atoms with van der Waals surface area (Å²) in [5.74, 6) is 0.541. The lowest BCUT2D eigenvalue weighted by molar-refractivity contribution is -0.136. The highest BCUT2D eigenvalue weighted by Gasteiger charge is 2.28. The first kappa shape index (κ1) is 13.8. The number of halogens is 3. The number of alkyl halides is 3. The first-order chi connectivity index (χ1) is 7.83. The first-order valence-electron chi connectivity index (χ1n) is 5.30. The normalized spacial score (nSPS) is 13.5. The van der Waals surface area contributed by atoms with Gasteiger partial charge < -0.3 is 10.5 Å². The van der Waals surface area contributed by atoms with Crippen molar-refractivity contribution >= 4 is 0 Å². The fourth-order valence-electron chi connectivity index (χ4n) is 1.60. The van der Waals surface area contributed by atoms with Gasteiger partial charge in [0.2, 0.25) is 0 Å². The van der Waals surface area contributed by atoms with Crippen LogP contribution < -0.4 is 10.5 Å². The van der Waals surface area contributed by atoms with Crippen LogP contribution in [0.15, 0.2) is 18.2 Å². The summed E-state index contributed by atoms with van der Waals surface area (Å²) in [6, 6.07) is 4.63. The van der Waals surface area contributed by atoms with E-state index < -0.39 is 18.6 Å². The molecule has 0 saturated carbocycles. The fraction of sp³-hybridized carbons (Fsp3) is 0.500. The van der Waals surface area contributed by atoms with Crippen LogP contribution in [0.2, 0.25) is 0 Å². The van der Waals surface area contributed by atoms with E-state index in [0.717, 1.165) is 5.56 Å². The summed E-state index contributed by atoms with van der Waals surface area (Å²) in [4.78, 5) is 0. The molecule has 0 aromatic heterocycles. The van der Waals surface area contributed by atoms with Gasteiger partial charge in [-0.1, -0.05) is 12.1 Å². The SMILES string of the molecule is COc1cc(C)ccc1C(N)CCC(F)(F)F. The summed E-state index contributed by atoms with van der Waals surface area (Å²) in [6.07, 6.45) is -5.19. The van der Waals surface area contributed by atoms with E-state index in [-0.39, 0.29) is 6.42 Å². The third-order valence-corrected chi connectivity index (χ3v) is 2.53. The van der Waals surface area contributed by atoms with Crippen LogP contribution in [-0.2, 0) is 0 Å². The van der Waals surface area contributed by atoms with E-state index in [1.165, 1.54) is 7.11 Å². The van der Waals surface area contributed by atoms with Gasteiger partial charge in [-0.3, -0.25) is 0 Å². The largest absolute Gasteiger partial charge is 0.496 e. The molecule has 1 aromatic rings. The minimum atomic E-state index is -4.17. The molecule has 96 valence electrons. The van der Waals surface area contributed by atoms with Gasteiger partial charge in [0.1, 0.15) is 5.75 Å². The van der Waals surface area contributed by atoms with Gasteiger partial charge in [-0.25, -0.2) is 0 Å². The minimum Gasteiger partial charge on any atom is -0.496 e. The van der Waals surface area contributed by atoms with Crippen LogP contribution >= 0.6 is 0 Å². The zero-order valence-corrected chi connectivity index (χ0v) is 9.84. The van der Waals surface area contributed by atoms with Crippen LogP contribution in [0.4, 0.5) is 13.2 Å². The predicted molar refractivity (Wildman–Crippen MR) is 59.9 cm³/mol. The molecule has 5 heteroatoms. The number of ether oxygens (including phenoxy) is 1. The van der Waals surface area contributed by atoms with E-state index >= 15 is 0 Å². The fourth-order valence-corrected chi connectivity index (χ4v) is 1.60. The van der Waals surface area contributed by atoms with Crippen molar-refractivity contribution in [3.8, 4) is 5.75 Å². The van der Waals surface area contributed by atoms with Crippen molar-refractivity contribution in [3.63, 3.8) is 0 Å². The van der Waals surface area contributed by atoms with E-state index in [0.29, 0.717) is 11.3 Å². The Morgan fingerprint density at radius 2 is 2.00 bits per heavy atom. The molecule has 0 spiro atoms. The van der Waals surface area contributed by atoms with Crippen LogP contribution in [0.3, 0.4) is 0 Å². The molecule has 0 amide bonds. The molecule has 0 fully saturated rings. The van der Waals surface area contributed by atoms with Crippen LogP contribution in [0.25, 0.3) is 0 Å². The highest BCUT2D eigenvalue weighted by Crippen LogP contribution is 2.31. The van der Waals surface area contributed by atoms with Gasteiger partial charge in [0, 0.05) is 18.0 Å². The Balaban J connectivity index is 2.78. The molecule has 1 aromatic carbocycles. The third kappa shape index (κ3) is 4.26. The molecule has 0 saturated heterocycles. The number of hydrogen-bond acceptors (Lipinski definition) is 2. The number of aryl methyl sites for hydroxylation is 1. The highest BCUT2D eigenvalue weighted by atomic mass is 19.4. The summed E-state index contributed by atoms with van der Waals surface area (Å²) >= 11 is 0. The van der Waals surface area contributed by atoms with Crippen molar-refractivity contribution in [2.75, 3.05) is 7.11 Å². The molecular weight excluding hydrogens is 231 g/mol. The van der Waals surface area contributed by atoms with Crippen molar-refractivity contribution in [1.82, 2.24) is 0 Å². The van der Waals surface area contributed by atoms with Crippen molar-refractivity contribution in [1.29, 1.82) is 0 Å². The molecule has 1 unspecified atom stereocenters. The lowest BCUT2D eigenvalue weighted by Gasteiger charge is -2.17. The monoisotopic (exact) mass is 247 g/mol. The summed E-state index contributed by atoms with van der Waals surface area (Å²) in [7, 11) is 1.48. The zero-order chi connectivity index (χ0) is 13.1. The Morgan fingerprint density at radius 3 is 2.53 bits per heavy atom. The third-order valence-electron chi connectivity index (χ3n) is 2.53. The van der Waals surface area contributed by atoms with Crippen LogP contribution in [0.5, 0.6) is 5.75 Å². The van der Waals surface area contributed by atoms with Gasteiger partial charge >= 0.3 is 6.18 Å². The van der Waals surface area contributed by atoms with Crippen molar-refractivity contribution in [2.24, 2.45) is 5.73 Å². The van der Waals surface area contributed by atoms with Gasteiger partial charge in [0.25, 0.3) is 0 Å². The molecule has 0 aliphatic carbocycles. The van der Waals surface area contributed by atoms with Crippen LogP contribution in [0.1, 0.15) is 30.0 Å². The summed E-state index contributed by atoms with van der Waals surface area (Å²) in [5, 5.41) is 0. The van der Waals surface area contributed by atoms with E-state index in [1.807, 2.05) is 13.0 Å². The second-order valence-electron chi connectivity index (χ2n) is 4.01. The summed E-state index contributed by atoms with van der Waals surface area (Å²) in [5.41, 5.74) is 7.34. The Morgan fingerprint density at radius 1 is 1.35 bits per heavy atom. The van der Waals surface area contributed by atoms with Gasteiger partial charge in [-0.2, -0.15) is 13.2 Å². The number of methoxy groups -OCH3 is 1. The maximum atomic E-state index is 12.1. The highest BCUT2D eigenvalue weighted by molar-refractivity contribution is 5.39. The van der Waals surface area contributed by atoms with Crippen molar-refractivity contribution < 1.29 is 17.9 Å². The number of benzene rings is 1. The molecule has 17 heavy (non-hydrogen) atoms. The lowest BCUT2D eigenvalue weighted by atomic mass is 10.0. The average molecular weight is 247 g/mol. The summed E-state index contributed by atoms with van der Waals surface area (Å²) in [6.45, 7) is 1.88. The number of nitrogens with two attached hydrogens (primary N) is 1. The van der Waals surface area contributed by atoms with Gasteiger partial charge in [0.15, 0.2) is 0 Å². The Kier molecular flexibility index (Phi) is 4.40. The molecule has 1 rings (SSSR count). The van der Waals surface area contributed by atoms with E-state index in [4.69, 9.17) is 10.5 Å². The molecule has 0 heterocycles. The molecule has 2 nitrogen and oxygen atoms in total. The van der Waals surface area contributed by atoms with Crippen LogP contribution in [0, 0.1) is 6.92 Å². The molecule has 2 N–H and O–H groups in total. The molecule has 1 atom stereocenters. The van der Waals surface area contributed by atoms with Gasteiger partial charge in [-0.05, 0) is 25.0 Å². The molecule has 0 radical (unpaired) electrons. The standard InChI is InChI=1S/C12H16F3NO/c1-8-3-4-9(11(7-8)17-2)10(16)5-6-12(13,14)15/h3-4,7,10H,5-6,16H2,1-2H3.